The first kappa shape index (κ1) is 24.0. The Hall–Kier alpha value is -3.09. The van der Waals surface area contributed by atoms with Crippen LogP contribution < -0.4 is 14.8 Å². The summed E-state index contributed by atoms with van der Waals surface area (Å²) >= 11 is 0. The average Bonchev–Trinajstić information content (AvgIpc) is 2.89. The molecule has 1 aromatic heterocycles. The third kappa shape index (κ3) is 6.27. The van der Waals surface area contributed by atoms with Gasteiger partial charge in [-0.3, -0.25) is 14.6 Å². The number of likely N-dealkylation sites (tertiary alicyclic amines) is 1. The van der Waals surface area contributed by atoms with E-state index in [2.05, 4.69) is 10.3 Å². The lowest BCUT2D eigenvalue weighted by Gasteiger charge is -2.33. The summed E-state index contributed by atoms with van der Waals surface area (Å²) in [6.07, 6.45) is 10.9. The van der Waals surface area contributed by atoms with Crippen LogP contribution in [0.25, 0.3) is 0 Å². The van der Waals surface area contributed by atoms with E-state index in [0.717, 1.165) is 31.2 Å². The Kier molecular flexibility index (Phi) is 8.39. The van der Waals surface area contributed by atoms with Gasteiger partial charge in [-0.05, 0) is 68.5 Å². The lowest BCUT2D eigenvalue weighted by molar-refractivity contribution is -0.127. The highest BCUT2D eigenvalue weighted by atomic mass is 16.5. The molecular formula is C27H35N3O4. The number of ether oxygens (including phenoxy) is 2. The number of nitrogens with zero attached hydrogens (tertiary/aromatic N) is 2. The van der Waals surface area contributed by atoms with E-state index >= 15 is 0 Å². The second-order valence-electron chi connectivity index (χ2n) is 9.17. The van der Waals surface area contributed by atoms with Crippen LogP contribution in [0.3, 0.4) is 0 Å². The fourth-order valence-electron chi connectivity index (χ4n) is 4.79. The van der Waals surface area contributed by atoms with Crippen molar-refractivity contribution in [3.63, 3.8) is 0 Å². The van der Waals surface area contributed by atoms with E-state index in [9.17, 15) is 9.59 Å². The zero-order valence-corrected chi connectivity index (χ0v) is 20.0. The standard InChI is InChI=1S/C27H35N3O4/c1-2-33-25-17-21(10-11-24(25)34-19-20-12-14-28-15-13-20)27(32)30-16-6-7-22(18-30)26(31)29-23-8-4-3-5-9-23/h10-15,17,22-23H,2-9,16,18-19H2,1H3,(H,29,31). The van der Waals surface area contributed by atoms with Gasteiger partial charge in [0.2, 0.25) is 5.91 Å². The molecule has 2 amide bonds. The molecule has 2 aliphatic rings. The molecule has 4 rings (SSSR count). The van der Waals surface area contributed by atoms with Gasteiger partial charge in [-0.15, -0.1) is 0 Å². The summed E-state index contributed by atoms with van der Waals surface area (Å²) in [5.41, 5.74) is 1.55. The van der Waals surface area contributed by atoms with Crippen LogP contribution in [0.1, 0.15) is 67.8 Å². The van der Waals surface area contributed by atoms with E-state index in [1.54, 1.807) is 35.5 Å². The monoisotopic (exact) mass is 465 g/mol. The van der Waals surface area contributed by atoms with Crippen LogP contribution in [0.4, 0.5) is 0 Å². The zero-order valence-electron chi connectivity index (χ0n) is 20.0. The first-order valence-corrected chi connectivity index (χ1v) is 12.5. The third-order valence-corrected chi connectivity index (χ3v) is 6.67. The molecule has 182 valence electrons. The molecule has 1 N–H and O–H groups in total. The fraction of sp³-hybridized carbons (Fsp3) is 0.519. The first-order chi connectivity index (χ1) is 16.6. The highest BCUT2D eigenvalue weighted by molar-refractivity contribution is 5.95. The minimum Gasteiger partial charge on any atom is -0.490 e. The number of hydrogen-bond acceptors (Lipinski definition) is 5. The summed E-state index contributed by atoms with van der Waals surface area (Å²) in [5.74, 6) is 1.02. The van der Waals surface area contributed by atoms with Crippen LogP contribution in [0.2, 0.25) is 0 Å². The van der Waals surface area contributed by atoms with Gasteiger partial charge in [-0.25, -0.2) is 0 Å². The molecule has 2 aromatic rings. The van der Waals surface area contributed by atoms with Gasteiger partial charge in [-0.2, -0.15) is 0 Å². The van der Waals surface area contributed by atoms with Crippen molar-refractivity contribution in [2.75, 3.05) is 19.7 Å². The van der Waals surface area contributed by atoms with Crippen molar-refractivity contribution in [3.05, 3.63) is 53.9 Å². The Labute approximate surface area is 201 Å². The predicted octanol–water partition coefficient (Wildman–Crippen LogP) is 4.36. The van der Waals surface area contributed by atoms with Gasteiger partial charge in [0.25, 0.3) is 5.91 Å². The maximum atomic E-state index is 13.3. The van der Waals surface area contributed by atoms with Crippen molar-refractivity contribution < 1.29 is 19.1 Å². The smallest absolute Gasteiger partial charge is 0.254 e. The molecule has 1 saturated carbocycles. The van der Waals surface area contributed by atoms with Crippen LogP contribution in [-0.2, 0) is 11.4 Å². The molecule has 34 heavy (non-hydrogen) atoms. The molecule has 7 nitrogen and oxygen atoms in total. The summed E-state index contributed by atoms with van der Waals surface area (Å²) in [7, 11) is 0. The van der Waals surface area contributed by atoms with E-state index in [0.29, 0.717) is 49.4 Å². The minimum absolute atomic E-state index is 0.0724. The Morgan fingerprint density at radius 3 is 2.56 bits per heavy atom. The minimum atomic E-state index is -0.144. The van der Waals surface area contributed by atoms with Crippen LogP contribution in [0.15, 0.2) is 42.7 Å². The Morgan fingerprint density at radius 1 is 1.00 bits per heavy atom. The number of hydrogen-bond donors (Lipinski definition) is 1. The van der Waals surface area contributed by atoms with E-state index in [1.165, 1.54) is 19.3 Å². The van der Waals surface area contributed by atoms with Gasteiger partial charge < -0.3 is 19.7 Å². The summed E-state index contributed by atoms with van der Waals surface area (Å²) in [5, 5.41) is 3.23. The van der Waals surface area contributed by atoms with E-state index in [4.69, 9.17) is 9.47 Å². The SMILES string of the molecule is CCOc1cc(C(=O)N2CCCC(C(=O)NC3CCCCC3)C2)ccc1OCc1ccncc1. The second-order valence-corrected chi connectivity index (χ2v) is 9.17. The maximum absolute atomic E-state index is 13.3. The van der Waals surface area contributed by atoms with E-state index < -0.39 is 0 Å². The zero-order chi connectivity index (χ0) is 23.8. The number of pyridine rings is 1. The summed E-state index contributed by atoms with van der Waals surface area (Å²) < 4.78 is 11.7. The summed E-state index contributed by atoms with van der Waals surface area (Å²) in [4.78, 5) is 32.0. The molecule has 1 aliphatic heterocycles. The molecule has 2 fully saturated rings. The lowest BCUT2D eigenvalue weighted by Crippen LogP contribution is -2.47. The quantitative estimate of drug-likeness (QED) is 0.627. The highest BCUT2D eigenvalue weighted by Crippen LogP contribution is 2.30. The predicted molar refractivity (Wildman–Crippen MR) is 130 cm³/mol. The molecule has 1 atom stereocenters. The number of aromatic nitrogens is 1. The van der Waals surface area contributed by atoms with E-state index in [1.807, 2.05) is 19.1 Å². The van der Waals surface area contributed by atoms with Gasteiger partial charge in [0.1, 0.15) is 6.61 Å². The van der Waals surface area contributed by atoms with Crippen molar-refractivity contribution in [2.45, 2.75) is 64.5 Å². The molecule has 2 heterocycles. The molecule has 7 heteroatoms. The van der Waals surface area contributed by atoms with Crippen LogP contribution >= 0.6 is 0 Å². The Balaban J connectivity index is 1.39. The van der Waals surface area contributed by atoms with Gasteiger partial charge in [0.05, 0.1) is 12.5 Å². The van der Waals surface area contributed by atoms with Crippen molar-refractivity contribution in [2.24, 2.45) is 5.92 Å². The highest BCUT2D eigenvalue weighted by Gasteiger charge is 2.30. The van der Waals surface area contributed by atoms with Crippen LogP contribution in [-0.4, -0.2) is 47.4 Å². The molecule has 0 radical (unpaired) electrons. The molecule has 0 bridgehead atoms. The number of amides is 2. The number of nitrogens with one attached hydrogen (secondary N) is 1. The van der Waals surface area contributed by atoms with Crippen molar-refractivity contribution in [3.8, 4) is 11.5 Å². The number of rotatable bonds is 8. The van der Waals surface area contributed by atoms with Crippen molar-refractivity contribution in [1.82, 2.24) is 15.2 Å². The number of piperidine rings is 1. The fourth-order valence-corrected chi connectivity index (χ4v) is 4.79. The Morgan fingerprint density at radius 2 is 1.79 bits per heavy atom. The van der Waals surface area contributed by atoms with Gasteiger partial charge >= 0.3 is 0 Å². The first-order valence-electron chi connectivity index (χ1n) is 12.5. The number of carbonyl (C=O) groups excluding carboxylic acids is 2. The molecule has 1 aromatic carbocycles. The molecule has 0 spiro atoms. The summed E-state index contributed by atoms with van der Waals surface area (Å²) in [6, 6.07) is 9.40. The van der Waals surface area contributed by atoms with Crippen molar-refractivity contribution in [1.29, 1.82) is 0 Å². The third-order valence-electron chi connectivity index (χ3n) is 6.67. The number of benzene rings is 1. The van der Waals surface area contributed by atoms with Gasteiger partial charge in [0, 0.05) is 37.1 Å². The topological polar surface area (TPSA) is 80.8 Å². The van der Waals surface area contributed by atoms with Gasteiger partial charge in [-0.1, -0.05) is 19.3 Å². The van der Waals surface area contributed by atoms with Crippen molar-refractivity contribution >= 4 is 11.8 Å². The van der Waals surface area contributed by atoms with E-state index in [-0.39, 0.29) is 17.7 Å². The van der Waals surface area contributed by atoms with Crippen LogP contribution in [0.5, 0.6) is 11.5 Å². The molecular weight excluding hydrogens is 430 g/mol. The van der Waals surface area contributed by atoms with Gasteiger partial charge in [0.15, 0.2) is 11.5 Å². The average molecular weight is 466 g/mol. The molecule has 1 aliphatic carbocycles. The number of carbonyl (C=O) groups is 2. The largest absolute Gasteiger partial charge is 0.490 e. The second kappa shape index (κ2) is 11.9. The molecule has 1 unspecified atom stereocenters. The lowest BCUT2D eigenvalue weighted by atomic mass is 9.92. The maximum Gasteiger partial charge on any atom is 0.254 e. The Bertz CT molecular complexity index is 960. The molecule has 1 saturated heterocycles. The van der Waals surface area contributed by atoms with Crippen LogP contribution in [0, 0.1) is 5.92 Å². The summed E-state index contributed by atoms with van der Waals surface area (Å²) in [6.45, 7) is 3.88. The normalized spacial score (nSPS) is 18.9.